The van der Waals surface area contributed by atoms with Crippen molar-refractivity contribution in [1.82, 2.24) is 34.4 Å². The van der Waals surface area contributed by atoms with E-state index in [9.17, 15) is 10.1 Å². The normalized spacial score (nSPS) is 14.8. The maximum Gasteiger partial charge on any atom is 0.266 e. The topological polar surface area (TPSA) is 109 Å². The van der Waals surface area contributed by atoms with Gasteiger partial charge in [-0.2, -0.15) is 10.4 Å². The Morgan fingerprint density at radius 2 is 1.86 bits per heavy atom. The summed E-state index contributed by atoms with van der Waals surface area (Å²) in [4.78, 5) is 24.8. The lowest BCUT2D eigenvalue weighted by molar-refractivity contribution is 0.242. The first-order valence-corrected chi connectivity index (χ1v) is 9.01. The van der Waals surface area contributed by atoms with Crippen LogP contribution in [0.3, 0.4) is 0 Å². The third-order valence-electron chi connectivity index (χ3n) is 4.68. The van der Waals surface area contributed by atoms with Gasteiger partial charge in [0.1, 0.15) is 6.07 Å². The number of rotatable bonds is 5. The first kappa shape index (κ1) is 17.8. The van der Waals surface area contributed by atoms with Crippen LogP contribution < -0.4 is 10.5 Å². The zero-order valence-electron chi connectivity index (χ0n) is 15.2. The molecule has 1 saturated heterocycles. The smallest absolute Gasteiger partial charge is 0.266 e. The zero-order chi connectivity index (χ0) is 19.3. The van der Waals surface area contributed by atoms with Crippen LogP contribution in [0, 0.1) is 11.3 Å². The van der Waals surface area contributed by atoms with E-state index >= 15 is 0 Å². The predicted octanol–water partition coefficient (Wildman–Crippen LogP) is -0.0871. The van der Waals surface area contributed by atoms with E-state index in [4.69, 9.17) is 0 Å². The maximum atomic E-state index is 12.1. The minimum Gasteiger partial charge on any atom is -0.352 e. The van der Waals surface area contributed by atoms with Crippen molar-refractivity contribution in [2.45, 2.75) is 6.54 Å². The maximum absolute atomic E-state index is 12.1. The average molecular weight is 377 g/mol. The molecule has 0 unspecified atom stereocenters. The molecule has 0 spiro atoms. The summed E-state index contributed by atoms with van der Waals surface area (Å²) < 4.78 is 3.10. The van der Waals surface area contributed by atoms with Crippen LogP contribution in [0.5, 0.6) is 0 Å². The van der Waals surface area contributed by atoms with E-state index in [1.807, 2.05) is 6.07 Å². The van der Waals surface area contributed by atoms with Crippen LogP contribution in [0.15, 0.2) is 47.8 Å². The minimum absolute atomic E-state index is 0.132. The Bertz CT molecular complexity index is 1030. The van der Waals surface area contributed by atoms with Crippen molar-refractivity contribution < 1.29 is 0 Å². The third-order valence-corrected chi connectivity index (χ3v) is 4.68. The summed E-state index contributed by atoms with van der Waals surface area (Å²) in [6, 6.07) is 7.08. The molecule has 3 aromatic heterocycles. The molecule has 1 aliphatic heterocycles. The van der Waals surface area contributed by atoms with Crippen molar-refractivity contribution in [1.29, 1.82) is 5.26 Å². The van der Waals surface area contributed by atoms with Gasteiger partial charge in [0.2, 0.25) is 0 Å². The van der Waals surface area contributed by atoms with E-state index in [1.165, 1.54) is 16.9 Å². The summed E-state index contributed by atoms with van der Waals surface area (Å²) in [5, 5.41) is 17.7. The Balaban J connectivity index is 1.37. The Morgan fingerprint density at radius 1 is 1.04 bits per heavy atom. The first-order valence-electron chi connectivity index (χ1n) is 9.01. The van der Waals surface area contributed by atoms with Crippen molar-refractivity contribution in [3.05, 3.63) is 59.0 Å². The lowest BCUT2D eigenvalue weighted by Gasteiger charge is -2.35. The van der Waals surface area contributed by atoms with Crippen LogP contribution in [-0.2, 0) is 6.54 Å². The van der Waals surface area contributed by atoms with Crippen LogP contribution in [0.2, 0.25) is 0 Å². The van der Waals surface area contributed by atoms with E-state index < -0.39 is 0 Å². The monoisotopic (exact) mass is 377 g/mol. The number of piperazine rings is 1. The molecule has 0 bridgehead atoms. The molecule has 142 valence electrons. The van der Waals surface area contributed by atoms with Gasteiger partial charge in [0.25, 0.3) is 5.56 Å². The second-order valence-electron chi connectivity index (χ2n) is 6.37. The van der Waals surface area contributed by atoms with E-state index in [2.05, 4.69) is 36.0 Å². The molecule has 1 fully saturated rings. The van der Waals surface area contributed by atoms with Crippen molar-refractivity contribution in [2.75, 3.05) is 37.6 Å². The Labute approximate surface area is 161 Å². The van der Waals surface area contributed by atoms with E-state index in [-0.39, 0.29) is 5.56 Å². The van der Waals surface area contributed by atoms with Crippen molar-refractivity contribution in [2.24, 2.45) is 0 Å². The molecule has 0 saturated carbocycles. The number of nitrogens with zero attached hydrogens (tertiary/aromatic N) is 9. The summed E-state index contributed by atoms with van der Waals surface area (Å²) in [5.41, 5.74) is 0.218. The van der Waals surface area contributed by atoms with Gasteiger partial charge in [-0.25, -0.2) is 19.3 Å². The van der Waals surface area contributed by atoms with E-state index in [0.29, 0.717) is 23.9 Å². The Hall–Kier alpha value is -3.58. The van der Waals surface area contributed by atoms with Gasteiger partial charge in [-0.05, 0) is 12.1 Å². The molecule has 4 heterocycles. The minimum atomic E-state index is -0.132. The van der Waals surface area contributed by atoms with Crippen molar-refractivity contribution in [3.8, 4) is 11.9 Å². The van der Waals surface area contributed by atoms with Crippen LogP contribution in [0.4, 0.5) is 5.82 Å². The highest BCUT2D eigenvalue weighted by Gasteiger charge is 2.20. The molecule has 4 rings (SSSR count). The molecule has 1 aliphatic rings. The molecular weight excluding hydrogens is 358 g/mol. The first-order chi connectivity index (χ1) is 13.7. The SMILES string of the molecule is N#Cc1nccnc1N1CCN(CCn2nc(-n3cccn3)ccc2=O)CC1. The summed E-state index contributed by atoms with van der Waals surface area (Å²) in [6.07, 6.45) is 6.59. The Morgan fingerprint density at radius 3 is 2.61 bits per heavy atom. The number of nitriles is 1. The molecule has 0 amide bonds. The molecule has 10 heteroatoms. The van der Waals surface area contributed by atoms with Gasteiger partial charge in [-0.15, -0.1) is 5.10 Å². The fourth-order valence-electron chi connectivity index (χ4n) is 3.19. The quantitative estimate of drug-likeness (QED) is 0.607. The number of hydrogen-bond donors (Lipinski definition) is 0. The molecule has 3 aromatic rings. The summed E-state index contributed by atoms with van der Waals surface area (Å²) in [6.45, 7) is 4.35. The zero-order valence-corrected chi connectivity index (χ0v) is 15.2. The van der Waals surface area contributed by atoms with Crippen LogP contribution in [0.25, 0.3) is 5.82 Å². The van der Waals surface area contributed by atoms with Gasteiger partial charge in [-0.3, -0.25) is 9.69 Å². The fraction of sp³-hybridized carbons (Fsp3) is 0.333. The second kappa shape index (κ2) is 7.98. The standard InChI is InChI=1S/C18H19N9O/c19-14-15-18(21-6-5-20-15)25-11-8-24(9-12-25)10-13-27-17(28)3-2-16(23-27)26-7-1-4-22-26/h1-7H,8-13H2. The lowest BCUT2D eigenvalue weighted by atomic mass is 10.3. The van der Waals surface area contributed by atoms with Gasteiger partial charge in [-0.1, -0.05) is 0 Å². The Kier molecular flexibility index (Phi) is 5.07. The summed E-state index contributed by atoms with van der Waals surface area (Å²) >= 11 is 0. The number of aromatic nitrogens is 6. The molecule has 0 atom stereocenters. The largest absolute Gasteiger partial charge is 0.352 e. The molecule has 0 N–H and O–H groups in total. The van der Waals surface area contributed by atoms with Crippen LogP contribution in [-0.4, -0.2) is 67.2 Å². The number of anilines is 1. The number of hydrogen-bond acceptors (Lipinski definition) is 8. The summed E-state index contributed by atoms with van der Waals surface area (Å²) in [7, 11) is 0. The summed E-state index contributed by atoms with van der Waals surface area (Å²) in [5.74, 6) is 1.25. The molecule has 10 nitrogen and oxygen atoms in total. The third kappa shape index (κ3) is 3.74. The van der Waals surface area contributed by atoms with Gasteiger partial charge < -0.3 is 4.90 Å². The van der Waals surface area contributed by atoms with Gasteiger partial charge in [0.15, 0.2) is 17.3 Å². The van der Waals surface area contributed by atoms with Gasteiger partial charge >= 0.3 is 0 Å². The molecule has 28 heavy (non-hydrogen) atoms. The van der Waals surface area contributed by atoms with E-state index in [1.54, 1.807) is 29.3 Å². The molecule has 0 aliphatic carbocycles. The molecule has 0 aromatic carbocycles. The van der Waals surface area contributed by atoms with Gasteiger partial charge in [0.05, 0.1) is 6.54 Å². The van der Waals surface area contributed by atoms with Crippen LogP contribution >= 0.6 is 0 Å². The fourth-order valence-corrected chi connectivity index (χ4v) is 3.19. The second-order valence-corrected chi connectivity index (χ2v) is 6.37. The van der Waals surface area contributed by atoms with Crippen molar-refractivity contribution >= 4 is 5.82 Å². The van der Waals surface area contributed by atoms with Crippen molar-refractivity contribution in [3.63, 3.8) is 0 Å². The molecular formula is C18H19N9O. The highest BCUT2D eigenvalue weighted by atomic mass is 16.1. The average Bonchev–Trinajstić information content (AvgIpc) is 3.28. The highest BCUT2D eigenvalue weighted by Crippen LogP contribution is 2.16. The van der Waals surface area contributed by atoms with E-state index in [0.717, 1.165) is 32.7 Å². The predicted molar refractivity (Wildman–Crippen MR) is 101 cm³/mol. The van der Waals surface area contributed by atoms with Crippen LogP contribution in [0.1, 0.15) is 5.69 Å². The lowest BCUT2D eigenvalue weighted by Crippen LogP contribution is -2.48. The highest BCUT2D eigenvalue weighted by molar-refractivity contribution is 5.49. The van der Waals surface area contributed by atoms with Gasteiger partial charge in [0, 0.05) is 63.6 Å². The molecule has 0 radical (unpaired) electrons.